The van der Waals surface area contributed by atoms with E-state index in [-0.39, 0.29) is 0 Å². The van der Waals surface area contributed by atoms with Gasteiger partial charge in [0.05, 0.1) is 6.21 Å². The van der Waals surface area contributed by atoms with Crippen molar-refractivity contribution in [3.05, 3.63) is 72.8 Å². The fraction of sp³-hybridized carbons (Fsp3) is 0.0625. The highest BCUT2D eigenvalue weighted by Crippen LogP contribution is 2.22. The number of para-hydroxylation sites is 1. The third-order valence-electron chi connectivity index (χ3n) is 3.17. The molecule has 0 unspecified atom stereocenters. The summed E-state index contributed by atoms with van der Waals surface area (Å²) in [5.41, 5.74) is 3.31. The van der Waals surface area contributed by atoms with E-state index in [9.17, 15) is 0 Å². The van der Waals surface area contributed by atoms with Gasteiger partial charge in [0.25, 0.3) is 0 Å². The topological polar surface area (TPSA) is 46.3 Å². The Balaban J connectivity index is 1.75. The van der Waals surface area contributed by atoms with Gasteiger partial charge in [-0.05, 0) is 29.8 Å². The number of hydrogen-bond donors (Lipinski definition) is 0. The molecule has 3 rings (SSSR count). The first-order chi connectivity index (χ1) is 10.3. The van der Waals surface area contributed by atoms with Crippen molar-refractivity contribution in [1.29, 1.82) is 0 Å². The molecule has 0 aliphatic rings. The van der Waals surface area contributed by atoms with Gasteiger partial charge in [0.1, 0.15) is 12.7 Å². The molecule has 3 aromatic rings. The Labute approximate surface area is 123 Å². The Morgan fingerprint density at radius 2 is 1.52 bits per heavy atom. The first-order valence-corrected chi connectivity index (χ1v) is 6.61. The summed E-state index contributed by atoms with van der Waals surface area (Å²) in [6, 6.07) is 18.5. The molecule has 0 saturated carbocycles. The van der Waals surface area contributed by atoms with Crippen LogP contribution in [0.3, 0.4) is 0 Å². The molecule has 5 heteroatoms. The maximum Gasteiger partial charge on any atom is 0.141 e. The largest absolute Gasteiger partial charge is 0.345 e. The van der Waals surface area contributed by atoms with E-state index in [2.05, 4.69) is 51.5 Å². The minimum Gasteiger partial charge on any atom is -0.345 e. The van der Waals surface area contributed by atoms with Crippen molar-refractivity contribution >= 4 is 17.6 Å². The van der Waals surface area contributed by atoms with Crippen molar-refractivity contribution in [2.45, 2.75) is 0 Å². The number of aromatic nitrogens is 3. The highest BCUT2D eigenvalue weighted by molar-refractivity contribution is 5.80. The van der Waals surface area contributed by atoms with Gasteiger partial charge in [-0.2, -0.15) is 5.10 Å². The van der Waals surface area contributed by atoms with E-state index in [1.54, 1.807) is 23.5 Å². The van der Waals surface area contributed by atoms with E-state index in [0.717, 1.165) is 16.9 Å². The average Bonchev–Trinajstić information content (AvgIpc) is 3.07. The van der Waals surface area contributed by atoms with Gasteiger partial charge in [-0.25, -0.2) is 4.68 Å². The van der Waals surface area contributed by atoms with Crippen LogP contribution in [-0.2, 0) is 0 Å². The highest BCUT2D eigenvalue weighted by atomic mass is 15.4. The number of rotatable bonds is 4. The quantitative estimate of drug-likeness (QED) is 0.689. The summed E-state index contributed by atoms with van der Waals surface area (Å²) < 4.78 is 1.56. The van der Waals surface area contributed by atoms with E-state index in [4.69, 9.17) is 0 Å². The van der Waals surface area contributed by atoms with Crippen LogP contribution in [0.5, 0.6) is 0 Å². The Kier molecular flexibility index (Phi) is 3.73. The van der Waals surface area contributed by atoms with Crippen LogP contribution in [0.2, 0.25) is 0 Å². The third-order valence-corrected chi connectivity index (χ3v) is 3.17. The van der Waals surface area contributed by atoms with Gasteiger partial charge in [-0.3, -0.25) is 0 Å². The van der Waals surface area contributed by atoms with Crippen LogP contribution in [0, 0.1) is 0 Å². The Bertz CT molecular complexity index is 702. The maximum absolute atomic E-state index is 4.22. The van der Waals surface area contributed by atoms with E-state index in [0.29, 0.717) is 0 Å². The van der Waals surface area contributed by atoms with Gasteiger partial charge in [0, 0.05) is 18.4 Å². The van der Waals surface area contributed by atoms with Gasteiger partial charge < -0.3 is 4.90 Å². The Morgan fingerprint density at radius 3 is 2.19 bits per heavy atom. The smallest absolute Gasteiger partial charge is 0.141 e. The van der Waals surface area contributed by atoms with Crippen molar-refractivity contribution in [3.63, 3.8) is 0 Å². The predicted molar refractivity (Wildman–Crippen MR) is 84.0 cm³/mol. The number of nitrogens with zero attached hydrogens (tertiary/aromatic N) is 5. The van der Waals surface area contributed by atoms with Crippen LogP contribution in [0.4, 0.5) is 11.4 Å². The monoisotopic (exact) mass is 277 g/mol. The summed E-state index contributed by atoms with van der Waals surface area (Å²) in [4.78, 5) is 2.14. The molecule has 1 aromatic heterocycles. The molecular formula is C16H15N5. The Morgan fingerprint density at radius 1 is 0.905 bits per heavy atom. The summed E-state index contributed by atoms with van der Waals surface area (Å²) in [6.45, 7) is 0. The van der Waals surface area contributed by atoms with Crippen LogP contribution < -0.4 is 4.90 Å². The lowest BCUT2D eigenvalue weighted by Crippen LogP contribution is -2.08. The lowest BCUT2D eigenvalue weighted by molar-refractivity contribution is 0.878. The standard InChI is InChI=1S/C16H15N5/c1-20(15-5-3-2-4-6-15)16-9-7-14(8-10-16)11-19-21-12-17-18-13-21/h2-13H,1H3/b19-11+. The molecule has 0 atom stereocenters. The van der Waals surface area contributed by atoms with Crippen molar-refractivity contribution in [2.75, 3.05) is 11.9 Å². The van der Waals surface area contributed by atoms with Gasteiger partial charge in [0.15, 0.2) is 0 Å². The van der Waals surface area contributed by atoms with Crippen LogP contribution in [-0.4, -0.2) is 28.1 Å². The molecule has 1 heterocycles. The average molecular weight is 277 g/mol. The molecule has 0 bridgehead atoms. The Hall–Kier alpha value is -2.95. The zero-order valence-corrected chi connectivity index (χ0v) is 11.7. The van der Waals surface area contributed by atoms with Gasteiger partial charge >= 0.3 is 0 Å². The van der Waals surface area contributed by atoms with Crippen molar-refractivity contribution in [3.8, 4) is 0 Å². The molecule has 0 fully saturated rings. The lowest BCUT2D eigenvalue weighted by atomic mass is 10.2. The molecule has 0 amide bonds. The van der Waals surface area contributed by atoms with Crippen LogP contribution >= 0.6 is 0 Å². The summed E-state index contributed by atoms with van der Waals surface area (Å²) in [5, 5.41) is 11.6. The first kappa shape index (κ1) is 13.1. The van der Waals surface area contributed by atoms with Gasteiger partial charge in [0.2, 0.25) is 0 Å². The number of benzene rings is 2. The van der Waals surface area contributed by atoms with Crippen molar-refractivity contribution in [1.82, 2.24) is 14.9 Å². The van der Waals surface area contributed by atoms with Crippen LogP contribution in [0.15, 0.2) is 72.4 Å². The molecule has 2 aromatic carbocycles. The van der Waals surface area contributed by atoms with E-state index >= 15 is 0 Å². The fourth-order valence-electron chi connectivity index (χ4n) is 1.97. The van der Waals surface area contributed by atoms with Crippen LogP contribution in [0.25, 0.3) is 0 Å². The lowest BCUT2D eigenvalue weighted by Gasteiger charge is -2.19. The first-order valence-electron chi connectivity index (χ1n) is 6.61. The number of hydrogen-bond acceptors (Lipinski definition) is 4. The van der Waals surface area contributed by atoms with Gasteiger partial charge in [-0.1, -0.05) is 30.3 Å². The zero-order chi connectivity index (χ0) is 14.5. The van der Waals surface area contributed by atoms with E-state index in [1.165, 1.54) is 0 Å². The summed E-state index contributed by atoms with van der Waals surface area (Å²) in [6.07, 6.45) is 4.87. The minimum absolute atomic E-state index is 1.02. The molecule has 0 radical (unpaired) electrons. The van der Waals surface area contributed by atoms with E-state index in [1.807, 2.05) is 30.3 Å². The molecule has 21 heavy (non-hydrogen) atoms. The minimum atomic E-state index is 1.02. The second kappa shape index (κ2) is 6.00. The third kappa shape index (κ3) is 3.14. The molecule has 5 nitrogen and oxygen atoms in total. The molecule has 104 valence electrons. The normalized spacial score (nSPS) is 10.9. The summed E-state index contributed by atoms with van der Waals surface area (Å²) in [7, 11) is 2.05. The van der Waals surface area contributed by atoms with E-state index < -0.39 is 0 Å². The second-order valence-electron chi connectivity index (χ2n) is 4.57. The molecular weight excluding hydrogens is 262 g/mol. The zero-order valence-electron chi connectivity index (χ0n) is 11.7. The summed E-state index contributed by atoms with van der Waals surface area (Å²) in [5.74, 6) is 0. The van der Waals surface area contributed by atoms with Crippen molar-refractivity contribution in [2.24, 2.45) is 5.10 Å². The van der Waals surface area contributed by atoms with Crippen LogP contribution in [0.1, 0.15) is 5.56 Å². The molecule has 0 aliphatic carbocycles. The van der Waals surface area contributed by atoms with Crippen molar-refractivity contribution < 1.29 is 0 Å². The molecule has 0 saturated heterocycles. The SMILES string of the molecule is CN(c1ccccc1)c1ccc(/C=N/n2cnnc2)cc1. The van der Waals surface area contributed by atoms with Gasteiger partial charge in [-0.15, -0.1) is 10.2 Å². The second-order valence-corrected chi connectivity index (χ2v) is 4.57. The molecule has 0 N–H and O–H groups in total. The predicted octanol–water partition coefficient (Wildman–Crippen LogP) is 2.93. The maximum atomic E-state index is 4.22. The number of anilines is 2. The summed E-state index contributed by atoms with van der Waals surface area (Å²) >= 11 is 0. The molecule has 0 spiro atoms. The molecule has 0 aliphatic heterocycles. The highest BCUT2D eigenvalue weighted by Gasteiger charge is 2.02. The fourth-order valence-corrected chi connectivity index (χ4v) is 1.97.